The Morgan fingerprint density at radius 3 is 2.48 bits per heavy atom. The van der Waals surface area contributed by atoms with Gasteiger partial charge in [-0.3, -0.25) is 0 Å². The zero-order valence-electron chi connectivity index (χ0n) is 13.6. The van der Waals surface area contributed by atoms with Crippen LogP contribution in [0.15, 0.2) is 24.3 Å². The average molecular weight is 284 g/mol. The van der Waals surface area contributed by atoms with Crippen molar-refractivity contribution in [2.75, 3.05) is 24.3 Å². The zero-order valence-corrected chi connectivity index (χ0v) is 13.6. The molecule has 0 spiro atoms. The molecule has 1 aromatic heterocycles. The molecule has 21 heavy (non-hydrogen) atoms. The first-order valence-electron chi connectivity index (χ1n) is 7.37. The highest BCUT2D eigenvalue weighted by atomic mass is 15.2. The van der Waals surface area contributed by atoms with E-state index in [4.69, 9.17) is 4.98 Å². The SMILES string of the molecule is CCc1nc(NC)c(C)c(N(C)Cc2ccccc2C)n1. The van der Waals surface area contributed by atoms with Crippen molar-refractivity contribution in [1.29, 1.82) is 0 Å². The van der Waals surface area contributed by atoms with Gasteiger partial charge in [0.05, 0.1) is 0 Å². The lowest BCUT2D eigenvalue weighted by Gasteiger charge is -2.23. The van der Waals surface area contributed by atoms with Crippen LogP contribution >= 0.6 is 0 Å². The normalized spacial score (nSPS) is 10.5. The van der Waals surface area contributed by atoms with Crippen LogP contribution in [0.1, 0.15) is 29.4 Å². The number of hydrogen-bond acceptors (Lipinski definition) is 4. The Bertz CT molecular complexity index is 622. The maximum atomic E-state index is 4.70. The topological polar surface area (TPSA) is 41.1 Å². The van der Waals surface area contributed by atoms with E-state index in [-0.39, 0.29) is 0 Å². The van der Waals surface area contributed by atoms with Gasteiger partial charge in [-0.05, 0) is 25.0 Å². The first-order chi connectivity index (χ1) is 10.1. The van der Waals surface area contributed by atoms with Crippen molar-refractivity contribution in [3.05, 3.63) is 46.8 Å². The molecule has 0 radical (unpaired) electrons. The lowest BCUT2D eigenvalue weighted by Crippen LogP contribution is -2.21. The van der Waals surface area contributed by atoms with Gasteiger partial charge in [0.1, 0.15) is 17.5 Å². The first kappa shape index (κ1) is 15.3. The molecule has 4 nitrogen and oxygen atoms in total. The Labute approximate surface area is 127 Å². The van der Waals surface area contributed by atoms with E-state index in [0.717, 1.165) is 36.0 Å². The fourth-order valence-corrected chi connectivity index (χ4v) is 2.44. The molecular formula is C17H24N4. The molecule has 1 heterocycles. The predicted octanol–water partition coefficient (Wildman–Crippen LogP) is 3.33. The molecule has 112 valence electrons. The van der Waals surface area contributed by atoms with Gasteiger partial charge in [-0.25, -0.2) is 9.97 Å². The lowest BCUT2D eigenvalue weighted by atomic mass is 10.1. The van der Waals surface area contributed by atoms with Crippen LogP contribution < -0.4 is 10.2 Å². The number of nitrogens with zero attached hydrogens (tertiary/aromatic N) is 3. The highest BCUT2D eigenvalue weighted by Gasteiger charge is 2.13. The van der Waals surface area contributed by atoms with E-state index < -0.39 is 0 Å². The van der Waals surface area contributed by atoms with Crippen molar-refractivity contribution in [1.82, 2.24) is 9.97 Å². The summed E-state index contributed by atoms with van der Waals surface area (Å²) >= 11 is 0. The van der Waals surface area contributed by atoms with E-state index >= 15 is 0 Å². The van der Waals surface area contributed by atoms with Crippen molar-refractivity contribution in [3.8, 4) is 0 Å². The number of anilines is 2. The fourth-order valence-electron chi connectivity index (χ4n) is 2.44. The lowest BCUT2D eigenvalue weighted by molar-refractivity contribution is 0.847. The monoisotopic (exact) mass is 284 g/mol. The molecule has 0 unspecified atom stereocenters. The van der Waals surface area contributed by atoms with Crippen LogP contribution in [0.2, 0.25) is 0 Å². The zero-order chi connectivity index (χ0) is 15.4. The third-order valence-electron chi connectivity index (χ3n) is 3.75. The van der Waals surface area contributed by atoms with E-state index in [9.17, 15) is 0 Å². The summed E-state index contributed by atoms with van der Waals surface area (Å²) in [6.07, 6.45) is 0.833. The maximum absolute atomic E-state index is 4.70. The minimum atomic E-state index is 0.833. The summed E-state index contributed by atoms with van der Waals surface area (Å²) in [5.41, 5.74) is 3.72. The number of aromatic nitrogens is 2. The summed E-state index contributed by atoms with van der Waals surface area (Å²) in [5.74, 6) is 2.78. The number of hydrogen-bond donors (Lipinski definition) is 1. The quantitative estimate of drug-likeness (QED) is 0.914. The van der Waals surface area contributed by atoms with Crippen molar-refractivity contribution >= 4 is 11.6 Å². The Kier molecular flexibility index (Phi) is 4.78. The molecule has 0 fully saturated rings. The molecule has 0 saturated heterocycles. The Hall–Kier alpha value is -2.10. The summed E-state index contributed by atoms with van der Waals surface area (Å²) in [6, 6.07) is 8.47. The van der Waals surface area contributed by atoms with E-state index in [2.05, 4.69) is 67.3 Å². The first-order valence-corrected chi connectivity index (χ1v) is 7.37. The second-order valence-corrected chi connectivity index (χ2v) is 5.32. The molecule has 0 bridgehead atoms. The van der Waals surface area contributed by atoms with Gasteiger partial charge in [0.25, 0.3) is 0 Å². The summed E-state index contributed by atoms with van der Waals surface area (Å²) in [4.78, 5) is 11.4. The summed E-state index contributed by atoms with van der Waals surface area (Å²) in [6.45, 7) is 7.13. The number of aryl methyl sites for hydroxylation is 2. The molecule has 0 aliphatic carbocycles. The van der Waals surface area contributed by atoms with Gasteiger partial charge in [0.15, 0.2) is 0 Å². The van der Waals surface area contributed by atoms with Crippen molar-refractivity contribution in [3.63, 3.8) is 0 Å². The summed E-state index contributed by atoms with van der Waals surface area (Å²) < 4.78 is 0. The molecule has 0 aliphatic heterocycles. The molecular weight excluding hydrogens is 260 g/mol. The van der Waals surface area contributed by atoms with E-state index in [1.54, 1.807) is 0 Å². The molecule has 4 heteroatoms. The standard InChI is InChI=1S/C17H24N4/c1-6-15-19-16(18-4)13(3)17(20-15)21(5)11-14-10-8-7-9-12(14)2/h7-10H,6,11H2,1-5H3,(H,18,19,20). The van der Waals surface area contributed by atoms with Gasteiger partial charge in [-0.15, -0.1) is 0 Å². The fraction of sp³-hybridized carbons (Fsp3) is 0.412. The van der Waals surface area contributed by atoms with Gasteiger partial charge >= 0.3 is 0 Å². The number of rotatable bonds is 5. The smallest absolute Gasteiger partial charge is 0.137 e. The minimum Gasteiger partial charge on any atom is -0.373 e. The van der Waals surface area contributed by atoms with Crippen LogP contribution in [0, 0.1) is 13.8 Å². The highest BCUT2D eigenvalue weighted by Crippen LogP contribution is 2.24. The van der Waals surface area contributed by atoms with Gasteiger partial charge in [-0.2, -0.15) is 0 Å². The predicted molar refractivity (Wildman–Crippen MR) is 89.0 cm³/mol. The maximum Gasteiger partial charge on any atom is 0.137 e. The van der Waals surface area contributed by atoms with Crippen LogP contribution in [-0.4, -0.2) is 24.1 Å². The van der Waals surface area contributed by atoms with Crippen molar-refractivity contribution in [2.24, 2.45) is 0 Å². The van der Waals surface area contributed by atoms with E-state index in [0.29, 0.717) is 0 Å². The van der Waals surface area contributed by atoms with Gasteiger partial charge in [-0.1, -0.05) is 31.2 Å². The second kappa shape index (κ2) is 6.57. The third kappa shape index (κ3) is 3.32. The Morgan fingerprint density at radius 1 is 1.14 bits per heavy atom. The molecule has 0 aliphatic rings. The molecule has 0 atom stereocenters. The second-order valence-electron chi connectivity index (χ2n) is 5.32. The molecule has 1 aromatic carbocycles. The summed E-state index contributed by atoms with van der Waals surface area (Å²) in [7, 11) is 3.99. The number of benzene rings is 1. The van der Waals surface area contributed by atoms with E-state index in [1.165, 1.54) is 11.1 Å². The van der Waals surface area contributed by atoms with Gasteiger partial charge in [0, 0.05) is 32.6 Å². The Morgan fingerprint density at radius 2 is 1.86 bits per heavy atom. The van der Waals surface area contributed by atoms with Crippen LogP contribution in [0.4, 0.5) is 11.6 Å². The highest BCUT2D eigenvalue weighted by molar-refractivity contribution is 5.58. The van der Waals surface area contributed by atoms with E-state index in [1.807, 2.05) is 7.05 Å². The minimum absolute atomic E-state index is 0.833. The molecule has 1 N–H and O–H groups in total. The molecule has 0 amide bonds. The largest absolute Gasteiger partial charge is 0.373 e. The summed E-state index contributed by atoms with van der Waals surface area (Å²) in [5, 5.41) is 3.16. The van der Waals surface area contributed by atoms with Gasteiger partial charge < -0.3 is 10.2 Å². The van der Waals surface area contributed by atoms with Crippen LogP contribution in [-0.2, 0) is 13.0 Å². The third-order valence-corrected chi connectivity index (χ3v) is 3.75. The van der Waals surface area contributed by atoms with Crippen molar-refractivity contribution in [2.45, 2.75) is 33.7 Å². The van der Waals surface area contributed by atoms with Gasteiger partial charge in [0.2, 0.25) is 0 Å². The number of nitrogens with one attached hydrogen (secondary N) is 1. The Balaban J connectivity index is 2.34. The van der Waals surface area contributed by atoms with Crippen LogP contribution in [0.3, 0.4) is 0 Å². The molecule has 2 aromatic rings. The average Bonchev–Trinajstić information content (AvgIpc) is 2.49. The van der Waals surface area contributed by atoms with Crippen LogP contribution in [0.5, 0.6) is 0 Å². The molecule has 0 saturated carbocycles. The van der Waals surface area contributed by atoms with Crippen molar-refractivity contribution < 1.29 is 0 Å². The molecule has 2 rings (SSSR count). The van der Waals surface area contributed by atoms with Crippen LogP contribution in [0.25, 0.3) is 0 Å².